The topological polar surface area (TPSA) is 66.4 Å². The van der Waals surface area contributed by atoms with Crippen LogP contribution in [0.5, 0.6) is 0 Å². The highest BCUT2D eigenvalue weighted by Crippen LogP contribution is 2.24. The van der Waals surface area contributed by atoms with Gasteiger partial charge in [-0.05, 0) is 23.6 Å². The highest BCUT2D eigenvalue weighted by molar-refractivity contribution is 5.87. The number of carboxylic acid groups (broad SMARTS) is 1. The van der Waals surface area contributed by atoms with E-state index in [1.165, 1.54) is 6.92 Å². The molecule has 2 N–H and O–H groups in total. The number of carbonyl (C=O) groups is 2. The predicted octanol–water partition coefficient (Wildman–Crippen LogP) is 2.26. The molecule has 0 bridgehead atoms. The lowest BCUT2D eigenvalue weighted by Gasteiger charge is -2.21. The van der Waals surface area contributed by atoms with Crippen LogP contribution in [0.3, 0.4) is 0 Å². The number of benzene rings is 1. The van der Waals surface area contributed by atoms with Gasteiger partial charge < -0.3 is 10.4 Å². The van der Waals surface area contributed by atoms with Crippen LogP contribution in [0.2, 0.25) is 0 Å². The zero-order valence-electron chi connectivity index (χ0n) is 10.9. The maximum absolute atomic E-state index is 11.0. The smallest absolute Gasteiger partial charge is 0.335 e. The van der Waals surface area contributed by atoms with Crippen LogP contribution < -0.4 is 5.32 Å². The Bertz CT molecular complexity index is 440. The second-order valence-electron chi connectivity index (χ2n) is 4.72. The van der Waals surface area contributed by atoms with Crippen molar-refractivity contribution in [2.75, 3.05) is 6.54 Å². The number of rotatable bonds is 5. The van der Waals surface area contributed by atoms with Gasteiger partial charge in [0.25, 0.3) is 0 Å². The maximum atomic E-state index is 11.0. The van der Waals surface area contributed by atoms with E-state index in [0.717, 1.165) is 5.56 Å². The molecule has 0 aliphatic heterocycles. The third-order valence-electron chi connectivity index (χ3n) is 2.94. The fourth-order valence-corrected chi connectivity index (χ4v) is 1.89. The summed E-state index contributed by atoms with van der Waals surface area (Å²) in [4.78, 5) is 21.9. The molecule has 0 heterocycles. The standard InChI is InChI=1S/C14H19NO3/c1-9(2)13(8-15-10(3)16)11-5-4-6-12(7-11)14(17)18/h4-7,9,13H,8H2,1-3H3,(H,15,16)(H,17,18). The highest BCUT2D eigenvalue weighted by Gasteiger charge is 2.17. The SMILES string of the molecule is CC(=O)NCC(c1cccc(C(=O)O)c1)C(C)C. The van der Waals surface area contributed by atoms with Crippen molar-refractivity contribution in [2.24, 2.45) is 5.92 Å². The zero-order valence-corrected chi connectivity index (χ0v) is 10.9. The lowest BCUT2D eigenvalue weighted by molar-refractivity contribution is -0.119. The quantitative estimate of drug-likeness (QED) is 0.841. The van der Waals surface area contributed by atoms with Crippen molar-refractivity contribution in [2.45, 2.75) is 26.7 Å². The van der Waals surface area contributed by atoms with Gasteiger partial charge in [0.05, 0.1) is 5.56 Å². The number of carbonyl (C=O) groups excluding carboxylic acids is 1. The third-order valence-corrected chi connectivity index (χ3v) is 2.94. The largest absolute Gasteiger partial charge is 0.478 e. The minimum Gasteiger partial charge on any atom is -0.478 e. The van der Waals surface area contributed by atoms with Crippen molar-refractivity contribution in [1.29, 1.82) is 0 Å². The Hall–Kier alpha value is -1.84. The van der Waals surface area contributed by atoms with Crippen LogP contribution in [0, 0.1) is 5.92 Å². The van der Waals surface area contributed by atoms with Gasteiger partial charge in [-0.3, -0.25) is 4.79 Å². The van der Waals surface area contributed by atoms with Crippen molar-refractivity contribution in [3.63, 3.8) is 0 Å². The van der Waals surface area contributed by atoms with Gasteiger partial charge in [-0.2, -0.15) is 0 Å². The van der Waals surface area contributed by atoms with Crippen LogP contribution in [0.15, 0.2) is 24.3 Å². The second kappa shape index (κ2) is 6.19. The Morgan fingerprint density at radius 1 is 1.33 bits per heavy atom. The van der Waals surface area contributed by atoms with Gasteiger partial charge in [-0.25, -0.2) is 4.79 Å². The Morgan fingerprint density at radius 2 is 2.00 bits per heavy atom. The van der Waals surface area contributed by atoms with E-state index in [9.17, 15) is 9.59 Å². The summed E-state index contributed by atoms with van der Waals surface area (Å²) >= 11 is 0. The number of amides is 1. The average Bonchev–Trinajstić information content (AvgIpc) is 2.28. The minimum absolute atomic E-state index is 0.0740. The second-order valence-corrected chi connectivity index (χ2v) is 4.72. The normalized spacial score (nSPS) is 12.2. The molecule has 0 spiro atoms. The van der Waals surface area contributed by atoms with E-state index in [-0.39, 0.29) is 17.4 Å². The van der Waals surface area contributed by atoms with Crippen LogP contribution in [0.25, 0.3) is 0 Å². The highest BCUT2D eigenvalue weighted by atomic mass is 16.4. The van der Waals surface area contributed by atoms with Crippen LogP contribution in [-0.2, 0) is 4.79 Å². The zero-order chi connectivity index (χ0) is 13.7. The van der Waals surface area contributed by atoms with Gasteiger partial charge in [0.15, 0.2) is 0 Å². The van der Waals surface area contributed by atoms with Gasteiger partial charge in [-0.15, -0.1) is 0 Å². The molecule has 0 saturated heterocycles. The number of hydrogen-bond acceptors (Lipinski definition) is 2. The van der Waals surface area contributed by atoms with Crippen LogP contribution in [-0.4, -0.2) is 23.5 Å². The molecule has 0 aromatic heterocycles. The molecule has 0 fully saturated rings. The molecule has 1 unspecified atom stereocenters. The van der Waals surface area contributed by atoms with Crippen LogP contribution in [0.1, 0.15) is 42.6 Å². The molecule has 0 radical (unpaired) electrons. The summed E-state index contributed by atoms with van der Waals surface area (Å²) in [6.07, 6.45) is 0. The number of carboxylic acids is 1. The van der Waals surface area contributed by atoms with Crippen molar-refractivity contribution in [3.8, 4) is 0 Å². The summed E-state index contributed by atoms with van der Waals surface area (Å²) < 4.78 is 0. The van der Waals surface area contributed by atoms with Gasteiger partial charge >= 0.3 is 5.97 Å². The summed E-state index contributed by atoms with van der Waals surface area (Å²) in [7, 11) is 0. The van der Waals surface area contributed by atoms with Crippen molar-refractivity contribution in [1.82, 2.24) is 5.32 Å². The van der Waals surface area contributed by atoms with E-state index in [1.807, 2.05) is 6.07 Å². The molecule has 1 aromatic carbocycles. The van der Waals surface area contributed by atoms with Crippen LogP contribution >= 0.6 is 0 Å². The van der Waals surface area contributed by atoms with E-state index in [4.69, 9.17) is 5.11 Å². The molecule has 4 heteroatoms. The van der Waals surface area contributed by atoms with Crippen molar-refractivity contribution in [3.05, 3.63) is 35.4 Å². The number of aromatic carboxylic acids is 1. The average molecular weight is 249 g/mol. The molecule has 1 rings (SSSR count). The molecule has 0 saturated carbocycles. The summed E-state index contributed by atoms with van der Waals surface area (Å²) in [6.45, 7) is 6.11. The Balaban J connectivity index is 2.94. The van der Waals surface area contributed by atoms with E-state index in [2.05, 4.69) is 19.2 Å². The van der Waals surface area contributed by atoms with Crippen LogP contribution in [0.4, 0.5) is 0 Å². The molecular formula is C14H19NO3. The monoisotopic (exact) mass is 249 g/mol. The van der Waals surface area contributed by atoms with Gasteiger partial charge in [0.2, 0.25) is 5.91 Å². The molecular weight excluding hydrogens is 230 g/mol. The first-order valence-corrected chi connectivity index (χ1v) is 5.99. The lowest BCUT2D eigenvalue weighted by atomic mass is 9.87. The first kappa shape index (κ1) is 14.2. The number of nitrogens with one attached hydrogen (secondary N) is 1. The molecule has 98 valence electrons. The van der Waals surface area contributed by atoms with E-state index in [1.54, 1.807) is 18.2 Å². The summed E-state index contributed by atoms with van der Waals surface area (Å²) in [5.74, 6) is -0.567. The van der Waals surface area contributed by atoms with Crippen molar-refractivity contribution >= 4 is 11.9 Å². The Kier molecular flexibility index (Phi) is 4.89. The third kappa shape index (κ3) is 3.87. The molecule has 4 nitrogen and oxygen atoms in total. The Morgan fingerprint density at radius 3 is 2.50 bits per heavy atom. The van der Waals surface area contributed by atoms with E-state index >= 15 is 0 Å². The summed E-state index contributed by atoms with van der Waals surface area (Å²) in [5, 5.41) is 11.8. The fraction of sp³-hybridized carbons (Fsp3) is 0.429. The first-order valence-electron chi connectivity index (χ1n) is 5.99. The van der Waals surface area contributed by atoms with E-state index < -0.39 is 5.97 Å². The van der Waals surface area contributed by atoms with Gasteiger partial charge in [0.1, 0.15) is 0 Å². The molecule has 1 amide bonds. The lowest BCUT2D eigenvalue weighted by Crippen LogP contribution is -2.28. The maximum Gasteiger partial charge on any atom is 0.335 e. The van der Waals surface area contributed by atoms with Gasteiger partial charge in [-0.1, -0.05) is 26.0 Å². The fourth-order valence-electron chi connectivity index (χ4n) is 1.89. The molecule has 18 heavy (non-hydrogen) atoms. The van der Waals surface area contributed by atoms with Crippen molar-refractivity contribution < 1.29 is 14.7 Å². The Labute approximate surface area is 107 Å². The predicted molar refractivity (Wildman–Crippen MR) is 69.7 cm³/mol. The molecule has 1 aromatic rings. The van der Waals surface area contributed by atoms with Gasteiger partial charge in [0, 0.05) is 19.4 Å². The summed E-state index contributed by atoms with van der Waals surface area (Å²) in [5.41, 5.74) is 1.22. The molecule has 0 aliphatic carbocycles. The summed E-state index contributed by atoms with van der Waals surface area (Å²) in [6, 6.07) is 6.89. The first-order chi connectivity index (χ1) is 8.41. The number of hydrogen-bond donors (Lipinski definition) is 2. The molecule has 1 atom stereocenters. The minimum atomic E-state index is -0.932. The van der Waals surface area contributed by atoms with E-state index in [0.29, 0.717) is 12.5 Å². The molecule has 0 aliphatic rings.